The van der Waals surface area contributed by atoms with E-state index in [2.05, 4.69) is 10.0 Å². The lowest BCUT2D eigenvalue weighted by atomic mass is 9.94. The van der Waals surface area contributed by atoms with Crippen LogP contribution in [0.15, 0.2) is 29.2 Å². The van der Waals surface area contributed by atoms with Gasteiger partial charge < -0.3 is 30.4 Å². The number of sulfonamides is 1. The lowest BCUT2D eigenvalue weighted by molar-refractivity contribution is -0.150. The molecular weight excluding hydrogens is 691 g/mol. The number of nitrogens with two attached hydrogens (primary N) is 1. The Balaban J connectivity index is 1.69. The van der Waals surface area contributed by atoms with E-state index in [1.165, 1.54) is 0 Å². The number of nitrogens with zero attached hydrogens (tertiary/aromatic N) is 1. The minimum absolute atomic E-state index is 0.0195. The smallest absolute Gasteiger partial charge is 0.417 e. The molecule has 2 atom stereocenters. The fourth-order valence-electron chi connectivity index (χ4n) is 5.95. The summed E-state index contributed by atoms with van der Waals surface area (Å²) < 4.78 is 46.6. The SMILES string of the molecule is Cc1c(C)c(S(=O)(=O)NC(=N)NCCC[C@H](N)C(=O)N(C(=O)OC(C)(C)C)[C@@H](Cc2ccc(OC(C)(C)C)cc2)C(=O)O)c(C)c2c1OC(C)(C)C2. The van der Waals surface area contributed by atoms with Gasteiger partial charge in [-0.3, -0.25) is 10.2 Å². The minimum Gasteiger partial charge on any atom is -0.488 e. The Hall–Kier alpha value is -4.37. The second-order valence-corrected chi connectivity index (χ2v) is 17.4. The standard InChI is InChI=1S/C37H55N5O9S/c1-21-22(2)30(23(3)26-20-37(10,11)50-29(21)26)52(47,48)41-33(39)40-18-12-13-27(38)31(43)42(34(46)51-36(7,8)9)28(32(44)45)19-24-14-16-25(17-15-24)49-35(4,5)6/h14-17,27-28H,12-13,18-20,38H2,1-11H3,(H,44,45)(H3,39,40,41)/t27-,28-/m0/s1. The fraction of sp³-hybridized carbons (Fsp3) is 0.568. The molecule has 3 rings (SSSR count). The molecule has 0 radical (unpaired) electrons. The topological polar surface area (TPSA) is 210 Å². The number of carbonyl (C=O) groups excluding carboxylic acids is 2. The first-order valence-corrected chi connectivity index (χ1v) is 18.7. The summed E-state index contributed by atoms with van der Waals surface area (Å²) in [7, 11) is -4.15. The average molecular weight is 746 g/mol. The summed E-state index contributed by atoms with van der Waals surface area (Å²) in [6.45, 7) is 19.6. The summed E-state index contributed by atoms with van der Waals surface area (Å²) in [6.07, 6.45) is -0.659. The average Bonchev–Trinajstić information content (AvgIpc) is 3.32. The lowest BCUT2D eigenvalue weighted by Gasteiger charge is -2.31. The van der Waals surface area contributed by atoms with Crippen molar-refractivity contribution in [1.29, 1.82) is 5.41 Å². The molecule has 0 unspecified atom stereocenters. The van der Waals surface area contributed by atoms with E-state index in [4.69, 9.17) is 25.4 Å². The molecular formula is C37H55N5O9S. The second-order valence-electron chi connectivity index (χ2n) is 15.8. The van der Waals surface area contributed by atoms with Crippen LogP contribution in [0.2, 0.25) is 0 Å². The lowest BCUT2D eigenvalue weighted by Crippen LogP contribution is -2.56. The van der Waals surface area contributed by atoms with Crippen LogP contribution in [0.4, 0.5) is 4.79 Å². The van der Waals surface area contributed by atoms with Crippen LogP contribution in [0.1, 0.15) is 96.0 Å². The Morgan fingerprint density at radius 1 is 1.02 bits per heavy atom. The molecule has 288 valence electrons. The first-order chi connectivity index (χ1) is 23.7. The van der Waals surface area contributed by atoms with E-state index >= 15 is 0 Å². The molecule has 2 aromatic carbocycles. The highest BCUT2D eigenvalue weighted by Gasteiger charge is 2.40. The molecule has 1 aliphatic heterocycles. The summed E-state index contributed by atoms with van der Waals surface area (Å²) >= 11 is 0. The zero-order valence-corrected chi connectivity index (χ0v) is 33.0. The molecule has 6 N–H and O–H groups in total. The van der Waals surface area contributed by atoms with Gasteiger partial charge in [-0.05, 0) is 123 Å². The molecule has 0 aromatic heterocycles. The van der Waals surface area contributed by atoms with E-state index in [0.717, 1.165) is 11.1 Å². The molecule has 14 nitrogen and oxygen atoms in total. The van der Waals surface area contributed by atoms with Crippen LogP contribution < -0.4 is 25.2 Å². The largest absolute Gasteiger partial charge is 0.488 e. The van der Waals surface area contributed by atoms with Crippen LogP contribution >= 0.6 is 0 Å². The van der Waals surface area contributed by atoms with Crippen LogP contribution in [0.3, 0.4) is 0 Å². The van der Waals surface area contributed by atoms with Gasteiger partial charge in [-0.2, -0.15) is 0 Å². The molecule has 0 aliphatic carbocycles. The first kappa shape index (κ1) is 42.0. The second kappa shape index (κ2) is 15.7. The number of amides is 2. The van der Waals surface area contributed by atoms with Gasteiger partial charge in [-0.15, -0.1) is 0 Å². The number of nitrogens with one attached hydrogen (secondary N) is 3. The van der Waals surface area contributed by atoms with Crippen molar-refractivity contribution in [2.75, 3.05) is 6.54 Å². The Labute approximate surface area is 307 Å². The maximum Gasteiger partial charge on any atom is 0.417 e. The maximum atomic E-state index is 13.7. The van der Waals surface area contributed by atoms with Crippen LogP contribution in [0, 0.1) is 26.2 Å². The first-order valence-electron chi connectivity index (χ1n) is 17.2. The molecule has 0 spiro atoms. The number of benzene rings is 2. The van der Waals surface area contributed by atoms with Gasteiger partial charge in [-0.1, -0.05) is 12.1 Å². The number of imide groups is 1. The summed E-state index contributed by atoms with van der Waals surface area (Å²) in [4.78, 5) is 40.1. The van der Waals surface area contributed by atoms with Gasteiger partial charge in [-0.25, -0.2) is 27.6 Å². The highest BCUT2D eigenvalue weighted by molar-refractivity contribution is 7.90. The van der Waals surface area contributed by atoms with Crippen LogP contribution in [-0.2, 0) is 37.2 Å². The van der Waals surface area contributed by atoms with Gasteiger partial charge in [0.15, 0.2) is 0 Å². The van der Waals surface area contributed by atoms with Crippen LogP contribution in [0.25, 0.3) is 0 Å². The molecule has 0 fully saturated rings. The van der Waals surface area contributed by atoms with Gasteiger partial charge in [0.2, 0.25) is 11.9 Å². The number of aliphatic carboxylic acids is 1. The molecule has 2 aromatic rings. The number of carbonyl (C=O) groups is 3. The fourth-order valence-corrected chi connectivity index (χ4v) is 7.47. The minimum atomic E-state index is -4.15. The number of rotatable bonds is 12. The van der Waals surface area contributed by atoms with E-state index in [9.17, 15) is 27.9 Å². The molecule has 1 heterocycles. The number of carboxylic acid groups (broad SMARTS) is 1. The van der Waals surface area contributed by atoms with Crippen molar-refractivity contribution in [3.05, 3.63) is 52.1 Å². The van der Waals surface area contributed by atoms with E-state index in [1.807, 2.05) is 41.5 Å². The van der Waals surface area contributed by atoms with Gasteiger partial charge in [0.25, 0.3) is 10.0 Å². The molecule has 15 heteroatoms. The summed E-state index contributed by atoms with van der Waals surface area (Å²) in [5.41, 5.74) is 7.44. The molecule has 52 heavy (non-hydrogen) atoms. The monoisotopic (exact) mass is 745 g/mol. The van der Waals surface area contributed by atoms with Crippen molar-refractivity contribution in [2.45, 2.75) is 136 Å². The van der Waals surface area contributed by atoms with E-state index < -0.39 is 62.8 Å². The number of hydrogen-bond acceptors (Lipinski definition) is 10. The van der Waals surface area contributed by atoms with E-state index in [-0.39, 0.29) is 30.7 Å². The van der Waals surface area contributed by atoms with Crippen molar-refractivity contribution in [3.63, 3.8) is 0 Å². The van der Waals surface area contributed by atoms with Crippen molar-refractivity contribution >= 4 is 34.0 Å². The maximum absolute atomic E-state index is 13.7. The van der Waals surface area contributed by atoms with E-state index in [0.29, 0.717) is 39.5 Å². The van der Waals surface area contributed by atoms with Crippen molar-refractivity contribution in [2.24, 2.45) is 5.73 Å². The number of carboxylic acids is 1. The third-order valence-corrected chi connectivity index (χ3v) is 9.93. The number of ether oxygens (including phenoxy) is 3. The number of guanidine groups is 1. The third-order valence-electron chi connectivity index (χ3n) is 8.31. The molecule has 1 aliphatic rings. The van der Waals surface area contributed by atoms with Crippen molar-refractivity contribution in [3.8, 4) is 11.5 Å². The summed E-state index contributed by atoms with van der Waals surface area (Å²) in [5.74, 6) is -1.59. The zero-order valence-electron chi connectivity index (χ0n) is 32.1. The van der Waals surface area contributed by atoms with Gasteiger partial charge in [0.1, 0.15) is 34.3 Å². The van der Waals surface area contributed by atoms with Crippen molar-refractivity contribution < 1.29 is 42.1 Å². The Morgan fingerprint density at radius 3 is 2.15 bits per heavy atom. The Kier molecular flexibility index (Phi) is 12.7. The number of hydrogen-bond donors (Lipinski definition) is 5. The normalized spacial score (nSPS) is 15.1. The number of fused-ring (bicyclic) bond motifs is 1. The van der Waals surface area contributed by atoms with Gasteiger partial charge >= 0.3 is 12.1 Å². The van der Waals surface area contributed by atoms with Crippen LogP contribution in [-0.4, -0.2) is 77.8 Å². The third kappa shape index (κ3) is 10.8. The Bertz CT molecular complexity index is 1790. The zero-order chi connectivity index (χ0) is 39.6. The highest BCUT2D eigenvalue weighted by Crippen LogP contribution is 2.43. The predicted octanol–water partition coefficient (Wildman–Crippen LogP) is 4.87. The summed E-state index contributed by atoms with van der Waals surface area (Å²) in [5, 5.41) is 21.2. The van der Waals surface area contributed by atoms with Gasteiger partial charge in [0.05, 0.1) is 10.9 Å². The highest BCUT2D eigenvalue weighted by atomic mass is 32.2. The van der Waals surface area contributed by atoms with Crippen molar-refractivity contribution in [1.82, 2.24) is 14.9 Å². The predicted molar refractivity (Wildman–Crippen MR) is 197 cm³/mol. The van der Waals surface area contributed by atoms with E-state index in [1.54, 1.807) is 58.9 Å². The van der Waals surface area contributed by atoms with Gasteiger partial charge in [0, 0.05) is 24.9 Å². The molecule has 2 amide bonds. The molecule has 0 saturated carbocycles. The molecule has 0 saturated heterocycles. The summed E-state index contributed by atoms with van der Waals surface area (Å²) in [6, 6.07) is 3.74. The van der Waals surface area contributed by atoms with Crippen LogP contribution in [0.5, 0.6) is 11.5 Å². The Morgan fingerprint density at radius 2 is 1.62 bits per heavy atom. The molecule has 0 bridgehead atoms. The quantitative estimate of drug-likeness (QED) is 0.112.